The molecule has 1 aliphatic carbocycles. The quantitative estimate of drug-likeness (QED) is 0.171. The molecule has 0 amide bonds. The molecule has 0 unspecified atom stereocenters. The summed E-state index contributed by atoms with van der Waals surface area (Å²) in [5, 5.41) is 0. The van der Waals surface area contributed by atoms with Crippen molar-refractivity contribution < 1.29 is 9.47 Å². The monoisotopic (exact) mass is 573 g/mol. The van der Waals surface area contributed by atoms with Gasteiger partial charge in [0.05, 0.1) is 18.6 Å². The first-order valence-electron chi connectivity index (χ1n) is 15.4. The maximum absolute atomic E-state index is 5.87. The highest BCUT2D eigenvalue weighted by Crippen LogP contribution is 2.57. The first-order chi connectivity index (χ1) is 21.7. The van der Waals surface area contributed by atoms with E-state index >= 15 is 0 Å². The van der Waals surface area contributed by atoms with Crippen molar-refractivity contribution in [3.05, 3.63) is 174 Å². The van der Waals surface area contributed by atoms with Gasteiger partial charge in [0.15, 0.2) is 0 Å². The number of ether oxygens (including phenoxy) is 2. The smallest absolute Gasteiger partial charge is 0.119 e. The average Bonchev–Trinajstić information content (AvgIpc) is 3.37. The van der Waals surface area contributed by atoms with Crippen LogP contribution in [-0.4, -0.2) is 13.2 Å². The fraction of sp³-hybridized carbons (Fsp3) is 0.122. The summed E-state index contributed by atoms with van der Waals surface area (Å²) in [5.41, 5.74) is 10.2. The van der Waals surface area contributed by atoms with Crippen molar-refractivity contribution in [3.8, 4) is 22.6 Å². The third-order valence-corrected chi connectivity index (χ3v) is 8.51. The van der Waals surface area contributed by atoms with Gasteiger partial charge in [-0.1, -0.05) is 91.0 Å². The Morgan fingerprint density at radius 2 is 0.932 bits per heavy atom. The number of nitrogens with zero attached hydrogens (tertiary/aromatic N) is 1. The average molecular weight is 574 g/mol. The van der Waals surface area contributed by atoms with Crippen molar-refractivity contribution in [2.24, 2.45) is 0 Å². The predicted octanol–water partition coefficient (Wildman–Crippen LogP) is 10.3. The Labute approximate surface area is 260 Å². The zero-order chi connectivity index (χ0) is 29.9. The van der Waals surface area contributed by atoms with Gasteiger partial charge >= 0.3 is 0 Å². The number of hydrogen-bond donors (Lipinski definition) is 0. The van der Waals surface area contributed by atoms with E-state index in [1.807, 2.05) is 13.8 Å². The molecule has 0 spiro atoms. The zero-order valence-electron chi connectivity index (χ0n) is 25.1. The molecule has 0 heterocycles. The second-order valence-corrected chi connectivity index (χ2v) is 10.9. The van der Waals surface area contributed by atoms with Crippen molar-refractivity contribution in [1.82, 2.24) is 0 Å². The molecule has 3 nitrogen and oxygen atoms in total. The number of benzene rings is 6. The van der Waals surface area contributed by atoms with E-state index in [4.69, 9.17) is 9.47 Å². The van der Waals surface area contributed by atoms with Crippen molar-refractivity contribution in [2.75, 3.05) is 18.1 Å². The largest absolute Gasteiger partial charge is 0.494 e. The molecule has 6 aromatic rings. The topological polar surface area (TPSA) is 21.7 Å². The van der Waals surface area contributed by atoms with E-state index < -0.39 is 5.41 Å². The lowest BCUT2D eigenvalue weighted by atomic mass is 9.67. The summed E-state index contributed by atoms with van der Waals surface area (Å²) in [6.45, 7) is 5.30. The lowest BCUT2D eigenvalue weighted by molar-refractivity contribution is 0.340. The van der Waals surface area contributed by atoms with Crippen LogP contribution in [0.4, 0.5) is 17.1 Å². The van der Waals surface area contributed by atoms with Crippen molar-refractivity contribution in [2.45, 2.75) is 19.3 Å². The molecule has 0 radical (unpaired) electrons. The van der Waals surface area contributed by atoms with Gasteiger partial charge in [0.2, 0.25) is 0 Å². The lowest BCUT2D eigenvalue weighted by Gasteiger charge is -2.35. The van der Waals surface area contributed by atoms with E-state index in [-0.39, 0.29) is 0 Å². The van der Waals surface area contributed by atoms with Crippen LogP contribution >= 0.6 is 0 Å². The Bertz CT molecular complexity index is 1770. The minimum Gasteiger partial charge on any atom is -0.494 e. The Hall–Kier alpha value is -5.28. The molecule has 0 aliphatic heterocycles. The third kappa shape index (κ3) is 4.62. The molecular formula is C41H35NO2. The molecule has 0 aromatic heterocycles. The van der Waals surface area contributed by atoms with E-state index in [0.29, 0.717) is 13.2 Å². The molecule has 216 valence electrons. The summed E-state index contributed by atoms with van der Waals surface area (Å²) in [7, 11) is 0. The van der Waals surface area contributed by atoms with Gasteiger partial charge in [0, 0.05) is 17.1 Å². The Balaban J connectivity index is 1.51. The minimum atomic E-state index is -0.545. The molecule has 0 atom stereocenters. The standard InChI is InChI=1S/C41H35NO2/c1-3-43-35-24-19-30(20-25-35)41(31-21-26-36(27-22-31)44-4-2)39-18-12-11-17-37(39)38-28-23-34(29-40(38)41)42(32-13-7-5-8-14-32)33-15-9-6-10-16-33/h5-29H,3-4H2,1-2H3. The van der Waals surface area contributed by atoms with E-state index in [9.17, 15) is 0 Å². The van der Waals surface area contributed by atoms with Gasteiger partial charge in [-0.3, -0.25) is 0 Å². The van der Waals surface area contributed by atoms with Crippen LogP contribution in [0.25, 0.3) is 11.1 Å². The van der Waals surface area contributed by atoms with Crippen LogP contribution in [0.15, 0.2) is 152 Å². The number of fused-ring (bicyclic) bond motifs is 3. The van der Waals surface area contributed by atoms with Gasteiger partial charge < -0.3 is 14.4 Å². The normalized spacial score (nSPS) is 12.7. The van der Waals surface area contributed by atoms with Crippen LogP contribution in [0, 0.1) is 0 Å². The van der Waals surface area contributed by atoms with Crippen molar-refractivity contribution in [1.29, 1.82) is 0 Å². The van der Waals surface area contributed by atoms with Crippen LogP contribution in [0.5, 0.6) is 11.5 Å². The maximum atomic E-state index is 5.87. The number of rotatable bonds is 9. The summed E-state index contributed by atoms with van der Waals surface area (Å²) in [6, 6.07) is 54.3. The predicted molar refractivity (Wildman–Crippen MR) is 181 cm³/mol. The first kappa shape index (κ1) is 27.5. The summed E-state index contributed by atoms with van der Waals surface area (Å²) < 4.78 is 11.7. The summed E-state index contributed by atoms with van der Waals surface area (Å²) in [6.07, 6.45) is 0. The summed E-state index contributed by atoms with van der Waals surface area (Å²) >= 11 is 0. The van der Waals surface area contributed by atoms with Crippen LogP contribution < -0.4 is 14.4 Å². The summed E-state index contributed by atoms with van der Waals surface area (Å²) in [5.74, 6) is 1.75. The highest BCUT2D eigenvalue weighted by molar-refractivity contribution is 5.89. The van der Waals surface area contributed by atoms with E-state index in [2.05, 4.69) is 157 Å². The molecular weight excluding hydrogens is 538 g/mol. The second-order valence-electron chi connectivity index (χ2n) is 10.9. The Morgan fingerprint density at radius 1 is 0.455 bits per heavy atom. The van der Waals surface area contributed by atoms with Crippen LogP contribution in [0.1, 0.15) is 36.1 Å². The van der Waals surface area contributed by atoms with Crippen molar-refractivity contribution >= 4 is 17.1 Å². The third-order valence-electron chi connectivity index (χ3n) is 8.51. The molecule has 6 aromatic carbocycles. The van der Waals surface area contributed by atoms with Gasteiger partial charge in [-0.05, 0) is 108 Å². The molecule has 44 heavy (non-hydrogen) atoms. The number of para-hydroxylation sites is 2. The second kappa shape index (κ2) is 11.8. The van der Waals surface area contributed by atoms with Crippen molar-refractivity contribution in [3.63, 3.8) is 0 Å². The lowest BCUT2D eigenvalue weighted by Crippen LogP contribution is -2.28. The van der Waals surface area contributed by atoms with Gasteiger partial charge in [0.1, 0.15) is 11.5 Å². The van der Waals surface area contributed by atoms with Gasteiger partial charge in [-0.25, -0.2) is 0 Å². The van der Waals surface area contributed by atoms with E-state index in [1.165, 1.54) is 33.4 Å². The molecule has 0 fully saturated rings. The van der Waals surface area contributed by atoms with E-state index in [1.54, 1.807) is 0 Å². The summed E-state index contributed by atoms with van der Waals surface area (Å²) in [4.78, 5) is 2.34. The number of anilines is 3. The SMILES string of the molecule is CCOc1ccc(C2(c3ccc(OCC)cc3)c3ccccc3-c3ccc(N(c4ccccc4)c4ccccc4)cc32)cc1. The van der Waals surface area contributed by atoms with Gasteiger partial charge in [0.25, 0.3) is 0 Å². The van der Waals surface area contributed by atoms with Crippen LogP contribution in [0.3, 0.4) is 0 Å². The molecule has 0 N–H and O–H groups in total. The highest BCUT2D eigenvalue weighted by atomic mass is 16.5. The van der Waals surface area contributed by atoms with E-state index in [0.717, 1.165) is 28.6 Å². The highest BCUT2D eigenvalue weighted by Gasteiger charge is 2.46. The molecule has 0 saturated heterocycles. The van der Waals surface area contributed by atoms with Gasteiger partial charge in [-0.2, -0.15) is 0 Å². The Morgan fingerprint density at radius 3 is 1.45 bits per heavy atom. The Kier molecular flexibility index (Phi) is 7.37. The molecule has 3 heteroatoms. The maximum Gasteiger partial charge on any atom is 0.119 e. The van der Waals surface area contributed by atoms with Crippen LogP contribution in [-0.2, 0) is 5.41 Å². The fourth-order valence-electron chi connectivity index (χ4n) is 6.73. The minimum absolute atomic E-state index is 0.545. The first-order valence-corrected chi connectivity index (χ1v) is 15.4. The molecule has 7 rings (SSSR count). The molecule has 0 bridgehead atoms. The van der Waals surface area contributed by atoms with Crippen LogP contribution in [0.2, 0.25) is 0 Å². The molecule has 1 aliphatic rings. The van der Waals surface area contributed by atoms with Gasteiger partial charge in [-0.15, -0.1) is 0 Å². The zero-order valence-corrected chi connectivity index (χ0v) is 25.1. The molecule has 0 saturated carbocycles. The fourth-order valence-corrected chi connectivity index (χ4v) is 6.73. The number of hydrogen-bond acceptors (Lipinski definition) is 3.